The van der Waals surface area contributed by atoms with Crippen LogP contribution in [-0.2, 0) is 16.6 Å². The molecule has 0 bridgehead atoms. The number of hydrogen-bond acceptors (Lipinski definition) is 3. The Hall–Kier alpha value is -0.430. The molecule has 1 aliphatic rings. The van der Waals surface area contributed by atoms with E-state index in [9.17, 15) is 8.42 Å². The number of halogens is 1. The van der Waals surface area contributed by atoms with Crippen LogP contribution in [0.1, 0.15) is 25.8 Å². The van der Waals surface area contributed by atoms with Gasteiger partial charge >= 0.3 is 0 Å². The minimum absolute atomic E-state index is 0.321. The van der Waals surface area contributed by atoms with E-state index in [0.29, 0.717) is 34.3 Å². The maximum absolute atomic E-state index is 12.4. The van der Waals surface area contributed by atoms with Gasteiger partial charge in [-0.15, -0.1) is 0 Å². The molecule has 0 saturated heterocycles. The highest BCUT2D eigenvalue weighted by molar-refractivity contribution is 9.10. The molecule has 0 spiro atoms. The van der Waals surface area contributed by atoms with Gasteiger partial charge in [-0.2, -0.15) is 0 Å². The van der Waals surface area contributed by atoms with E-state index >= 15 is 0 Å². The van der Waals surface area contributed by atoms with E-state index in [0.717, 1.165) is 18.5 Å². The van der Waals surface area contributed by atoms with Crippen molar-refractivity contribution >= 4 is 26.0 Å². The normalized spacial score (nSPS) is 21.9. The molecular weight excluding hydrogens is 340 g/mol. The summed E-state index contributed by atoms with van der Waals surface area (Å²) < 4.78 is 28.0. The second-order valence-corrected chi connectivity index (χ2v) is 7.96. The minimum Gasteiger partial charge on any atom is -0.313 e. The first kappa shape index (κ1) is 15.9. The molecule has 0 heterocycles. The maximum atomic E-state index is 12.4. The van der Waals surface area contributed by atoms with Gasteiger partial charge in [0.1, 0.15) is 0 Å². The summed E-state index contributed by atoms with van der Waals surface area (Å²) in [6.45, 7) is 6.23. The van der Waals surface area contributed by atoms with Crippen molar-refractivity contribution in [2.45, 2.75) is 31.7 Å². The van der Waals surface area contributed by atoms with Crippen molar-refractivity contribution in [2.75, 3.05) is 13.1 Å². The van der Waals surface area contributed by atoms with Gasteiger partial charge in [0.05, 0.1) is 4.90 Å². The summed E-state index contributed by atoms with van der Waals surface area (Å²) in [5, 5.41) is 3.20. The van der Waals surface area contributed by atoms with E-state index in [1.807, 2.05) is 13.0 Å². The van der Waals surface area contributed by atoms with Crippen LogP contribution in [0.4, 0.5) is 0 Å². The lowest BCUT2D eigenvalue weighted by atomic mass is 10.2. The number of nitrogens with one attached hydrogen (secondary N) is 2. The van der Waals surface area contributed by atoms with Crippen molar-refractivity contribution in [3.63, 3.8) is 0 Å². The lowest BCUT2D eigenvalue weighted by Gasteiger charge is -2.10. The van der Waals surface area contributed by atoms with Gasteiger partial charge in [-0.05, 0) is 58.4 Å². The average Bonchev–Trinajstić information content (AvgIpc) is 3.11. The van der Waals surface area contributed by atoms with Crippen molar-refractivity contribution < 1.29 is 8.42 Å². The first-order valence-electron chi connectivity index (χ1n) is 6.93. The van der Waals surface area contributed by atoms with E-state index in [2.05, 4.69) is 32.9 Å². The first-order chi connectivity index (χ1) is 9.44. The Morgan fingerprint density at radius 2 is 2.10 bits per heavy atom. The summed E-state index contributed by atoms with van der Waals surface area (Å²) in [4.78, 5) is 0.321. The number of sulfonamides is 1. The van der Waals surface area contributed by atoms with E-state index in [4.69, 9.17) is 0 Å². The van der Waals surface area contributed by atoms with Crippen LogP contribution in [0.25, 0.3) is 0 Å². The predicted molar refractivity (Wildman–Crippen MR) is 84.0 cm³/mol. The Balaban J connectivity index is 2.12. The highest BCUT2D eigenvalue weighted by Crippen LogP contribution is 2.37. The molecule has 2 N–H and O–H groups in total. The van der Waals surface area contributed by atoms with Gasteiger partial charge in [-0.3, -0.25) is 0 Å². The van der Waals surface area contributed by atoms with Gasteiger partial charge in [0.25, 0.3) is 0 Å². The molecule has 1 aromatic rings. The molecule has 1 fully saturated rings. The molecule has 6 heteroatoms. The van der Waals surface area contributed by atoms with Crippen LogP contribution < -0.4 is 10.0 Å². The summed E-state index contributed by atoms with van der Waals surface area (Å²) in [6.07, 6.45) is 1.12. The quantitative estimate of drug-likeness (QED) is 0.785. The predicted octanol–water partition coefficient (Wildman–Crippen LogP) is 2.49. The number of benzene rings is 1. The SMILES string of the molecule is CCNCc1ccc(Br)c(S(=O)(=O)NCC2CC2C)c1. The summed E-state index contributed by atoms with van der Waals surface area (Å²) in [5.74, 6) is 1.13. The summed E-state index contributed by atoms with van der Waals surface area (Å²) in [6, 6.07) is 5.45. The highest BCUT2D eigenvalue weighted by Gasteiger charge is 2.33. The lowest BCUT2D eigenvalue weighted by molar-refractivity contribution is 0.574. The average molecular weight is 361 g/mol. The zero-order valence-electron chi connectivity index (χ0n) is 11.8. The molecule has 2 rings (SSSR count). The summed E-state index contributed by atoms with van der Waals surface area (Å²) >= 11 is 3.33. The van der Waals surface area contributed by atoms with Crippen LogP contribution in [0.2, 0.25) is 0 Å². The molecule has 112 valence electrons. The van der Waals surface area contributed by atoms with Crippen LogP contribution in [0.15, 0.2) is 27.6 Å². The van der Waals surface area contributed by atoms with Crippen LogP contribution in [0.5, 0.6) is 0 Å². The zero-order valence-corrected chi connectivity index (χ0v) is 14.2. The molecule has 0 aliphatic heterocycles. The molecular formula is C14H21BrN2O2S. The minimum atomic E-state index is -3.44. The van der Waals surface area contributed by atoms with Crippen molar-refractivity contribution in [2.24, 2.45) is 11.8 Å². The second-order valence-electron chi connectivity index (χ2n) is 5.37. The smallest absolute Gasteiger partial charge is 0.241 e. The monoisotopic (exact) mass is 360 g/mol. The van der Waals surface area contributed by atoms with Gasteiger partial charge in [-0.1, -0.05) is 19.9 Å². The fraction of sp³-hybridized carbons (Fsp3) is 0.571. The Bertz CT molecular complexity index is 575. The molecule has 2 unspecified atom stereocenters. The Morgan fingerprint density at radius 3 is 2.70 bits per heavy atom. The van der Waals surface area contributed by atoms with E-state index in [-0.39, 0.29) is 0 Å². The Kier molecular flexibility index (Phi) is 5.23. The van der Waals surface area contributed by atoms with Crippen LogP contribution in [-0.4, -0.2) is 21.5 Å². The van der Waals surface area contributed by atoms with Crippen LogP contribution in [0.3, 0.4) is 0 Å². The molecule has 2 atom stereocenters. The third-order valence-corrected chi connectivity index (χ3v) is 6.09. The van der Waals surface area contributed by atoms with Crippen molar-refractivity contribution in [1.29, 1.82) is 0 Å². The van der Waals surface area contributed by atoms with Gasteiger partial charge in [0.2, 0.25) is 10.0 Å². The molecule has 0 radical (unpaired) electrons. The largest absolute Gasteiger partial charge is 0.313 e. The molecule has 1 saturated carbocycles. The van der Waals surface area contributed by atoms with E-state index < -0.39 is 10.0 Å². The lowest BCUT2D eigenvalue weighted by Crippen LogP contribution is -2.26. The number of hydrogen-bond donors (Lipinski definition) is 2. The molecule has 1 aromatic carbocycles. The van der Waals surface area contributed by atoms with E-state index in [1.54, 1.807) is 12.1 Å². The molecule has 0 aromatic heterocycles. The third-order valence-electron chi connectivity index (χ3n) is 3.68. The van der Waals surface area contributed by atoms with Crippen LogP contribution >= 0.6 is 15.9 Å². The van der Waals surface area contributed by atoms with Gasteiger partial charge in [0, 0.05) is 17.6 Å². The van der Waals surface area contributed by atoms with Gasteiger partial charge in [-0.25, -0.2) is 13.1 Å². The van der Waals surface area contributed by atoms with Crippen molar-refractivity contribution in [3.8, 4) is 0 Å². The summed E-state index contributed by atoms with van der Waals surface area (Å²) in [7, 11) is -3.44. The second kappa shape index (κ2) is 6.56. The maximum Gasteiger partial charge on any atom is 0.241 e. The van der Waals surface area contributed by atoms with E-state index in [1.165, 1.54) is 0 Å². The zero-order chi connectivity index (χ0) is 14.8. The molecule has 4 nitrogen and oxygen atoms in total. The topological polar surface area (TPSA) is 58.2 Å². The van der Waals surface area contributed by atoms with Gasteiger partial charge in [0.15, 0.2) is 0 Å². The van der Waals surface area contributed by atoms with Crippen LogP contribution in [0, 0.1) is 11.8 Å². The highest BCUT2D eigenvalue weighted by atomic mass is 79.9. The summed E-state index contributed by atoms with van der Waals surface area (Å²) in [5.41, 5.74) is 0.968. The van der Waals surface area contributed by atoms with Crippen molar-refractivity contribution in [1.82, 2.24) is 10.0 Å². The standard InChI is InChI=1S/C14H21BrN2O2S/c1-3-16-8-11-4-5-13(15)14(7-11)20(18,19)17-9-12-6-10(12)2/h4-5,7,10,12,16-17H,3,6,8-9H2,1-2H3. The molecule has 0 amide bonds. The molecule has 1 aliphatic carbocycles. The fourth-order valence-corrected chi connectivity index (χ4v) is 4.22. The third kappa shape index (κ3) is 4.04. The fourth-order valence-electron chi connectivity index (χ4n) is 2.11. The Morgan fingerprint density at radius 1 is 1.40 bits per heavy atom. The number of rotatable bonds is 7. The molecule has 20 heavy (non-hydrogen) atoms. The van der Waals surface area contributed by atoms with Crippen molar-refractivity contribution in [3.05, 3.63) is 28.2 Å². The Labute approximate surface area is 129 Å². The van der Waals surface area contributed by atoms with Gasteiger partial charge < -0.3 is 5.32 Å². The first-order valence-corrected chi connectivity index (χ1v) is 9.20.